The van der Waals surface area contributed by atoms with E-state index < -0.39 is 43.2 Å². The van der Waals surface area contributed by atoms with Gasteiger partial charge in [0.2, 0.25) is 0 Å². The third-order valence-electron chi connectivity index (χ3n) is 2.65. The minimum Gasteiger partial charge on any atom is -0.393 e. The number of aliphatic hydroxyl groups excluding tert-OH is 5. The van der Waals surface area contributed by atoms with Crippen LogP contribution in [0.4, 0.5) is 0 Å². The molecule has 1 fully saturated rings. The molecule has 1 heterocycles. The van der Waals surface area contributed by atoms with Gasteiger partial charge in [0.05, 0.1) is 19.3 Å². The van der Waals surface area contributed by atoms with Crippen LogP contribution in [0.1, 0.15) is 6.92 Å². The molecule has 6 nitrogen and oxygen atoms in total. The fourth-order valence-electron chi connectivity index (χ4n) is 1.60. The molecule has 1 saturated heterocycles. The summed E-state index contributed by atoms with van der Waals surface area (Å²) in [6.07, 6.45) is -4.93. The lowest BCUT2D eigenvalue weighted by molar-refractivity contribution is -0.282. The number of rotatable bonds is 2. The minimum atomic E-state index is -1.60. The highest BCUT2D eigenvalue weighted by Crippen LogP contribution is 2.29. The molecule has 1 rings (SSSR count). The Hall–Kier alpha value is -0.240. The van der Waals surface area contributed by atoms with Gasteiger partial charge in [-0.05, 0) is 6.92 Å². The van der Waals surface area contributed by atoms with E-state index in [1.807, 2.05) is 0 Å². The first-order valence-electron chi connectivity index (χ1n) is 4.42. The van der Waals surface area contributed by atoms with Crippen molar-refractivity contribution in [3.8, 4) is 0 Å². The number of hydrogen-bond acceptors (Lipinski definition) is 6. The summed E-state index contributed by atoms with van der Waals surface area (Å²) in [5, 5.41) is 46.3. The van der Waals surface area contributed by atoms with E-state index in [0.717, 1.165) is 0 Å². The topological polar surface area (TPSA) is 110 Å². The summed E-state index contributed by atoms with van der Waals surface area (Å²) in [7, 11) is 0. The van der Waals surface area contributed by atoms with Gasteiger partial charge in [0.1, 0.15) is 23.9 Å². The van der Waals surface area contributed by atoms with E-state index >= 15 is 0 Å². The molecule has 1 aliphatic rings. The molecule has 0 saturated carbocycles. The Morgan fingerprint density at radius 1 is 1.07 bits per heavy atom. The molecule has 1 aliphatic heterocycles. The SMILES string of the molecule is C[C@@H]1OC(CO)(CO)[C@H](O)[C@H](O)[C@H]1O. The van der Waals surface area contributed by atoms with Crippen LogP contribution in [-0.2, 0) is 4.74 Å². The zero-order valence-corrected chi connectivity index (χ0v) is 7.87. The first kappa shape index (κ1) is 11.8. The quantitative estimate of drug-likeness (QED) is 0.335. The molecule has 0 aromatic heterocycles. The maximum atomic E-state index is 9.52. The lowest BCUT2D eigenvalue weighted by Crippen LogP contribution is -2.66. The average molecular weight is 208 g/mol. The Morgan fingerprint density at radius 3 is 2.00 bits per heavy atom. The fourth-order valence-corrected chi connectivity index (χ4v) is 1.60. The molecule has 0 bridgehead atoms. The van der Waals surface area contributed by atoms with Gasteiger partial charge in [0.15, 0.2) is 0 Å². The smallest absolute Gasteiger partial charge is 0.143 e. The number of hydrogen-bond donors (Lipinski definition) is 5. The van der Waals surface area contributed by atoms with Gasteiger partial charge >= 0.3 is 0 Å². The van der Waals surface area contributed by atoms with Crippen LogP contribution in [-0.4, -0.2) is 68.8 Å². The van der Waals surface area contributed by atoms with Gasteiger partial charge in [-0.15, -0.1) is 0 Å². The Labute approximate surface area is 81.4 Å². The van der Waals surface area contributed by atoms with Crippen LogP contribution < -0.4 is 0 Å². The normalized spacial score (nSPS) is 42.4. The second-order valence-corrected chi connectivity index (χ2v) is 3.63. The zero-order valence-electron chi connectivity index (χ0n) is 7.87. The molecule has 0 unspecified atom stereocenters. The molecule has 0 amide bonds. The van der Waals surface area contributed by atoms with Gasteiger partial charge < -0.3 is 30.3 Å². The Morgan fingerprint density at radius 2 is 1.57 bits per heavy atom. The number of aliphatic hydroxyl groups is 5. The van der Waals surface area contributed by atoms with E-state index in [9.17, 15) is 15.3 Å². The van der Waals surface area contributed by atoms with Crippen molar-refractivity contribution in [3.05, 3.63) is 0 Å². The van der Waals surface area contributed by atoms with Crippen LogP contribution in [0.3, 0.4) is 0 Å². The Balaban J connectivity index is 2.88. The molecule has 4 atom stereocenters. The first-order valence-corrected chi connectivity index (χ1v) is 4.42. The molecule has 84 valence electrons. The standard InChI is InChI=1S/C8H16O6/c1-4-5(11)6(12)7(13)8(2-9,3-10)14-4/h4-7,9-13H,2-3H2,1H3/t4-,5-,6+,7+/m0/s1. The van der Waals surface area contributed by atoms with Crippen LogP contribution >= 0.6 is 0 Å². The van der Waals surface area contributed by atoms with Gasteiger partial charge in [-0.1, -0.05) is 0 Å². The molecule has 0 aromatic rings. The Bertz CT molecular complexity index is 192. The molecule has 5 N–H and O–H groups in total. The van der Waals surface area contributed by atoms with Gasteiger partial charge in [-0.2, -0.15) is 0 Å². The third kappa shape index (κ3) is 1.65. The van der Waals surface area contributed by atoms with Crippen LogP contribution in [0, 0.1) is 0 Å². The van der Waals surface area contributed by atoms with E-state index in [1.54, 1.807) is 0 Å². The summed E-state index contributed by atoms with van der Waals surface area (Å²) >= 11 is 0. The maximum Gasteiger partial charge on any atom is 0.143 e. The van der Waals surface area contributed by atoms with Gasteiger partial charge in [-0.25, -0.2) is 0 Å². The predicted molar refractivity (Wildman–Crippen MR) is 45.5 cm³/mol. The van der Waals surface area contributed by atoms with E-state index in [2.05, 4.69) is 0 Å². The Kier molecular flexibility index (Phi) is 3.46. The highest BCUT2D eigenvalue weighted by atomic mass is 16.6. The molecule has 6 heteroatoms. The number of ether oxygens (including phenoxy) is 1. The van der Waals surface area contributed by atoms with Crippen LogP contribution in [0.25, 0.3) is 0 Å². The van der Waals surface area contributed by atoms with Crippen molar-refractivity contribution < 1.29 is 30.3 Å². The molecular weight excluding hydrogens is 192 g/mol. The van der Waals surface area contributed by atoms with Crippen molar-refractivity contribution in [2.24, 2.45) is 0 Å². The molecule has 0 aromatic carbocycles. The minimum absolute atomic E-state index is 0.626. The predicted octanol–water partition coefficient (Wildman–Crippen LogP) is -2.79. The maximum absolute atomic E-state index is 9.52. The van der Waals surface area contributed by atoms with Gasteiger partial charge in [0, 0.05) is 0 Å². The van der Waals surface area contributed by atoms with Crippen molar-refractivity contribution in [3.63, 3.8) is 0 Å². The van der Waals surface area contributed by atoms with Gasteiger partial charge in [0.25, 0.3) is 0 Å². The van der Waals surface area contributed by atoms with Crippen molar-refractivity contribution in [1.29, 1.82) is 0 Å². The summed E-state index contributed by atoms with van der Waals surface area (Å²) in [5.74, 6) is 0. The summed E-state index contributed by atoms with van der Waals surface area (Å²) in [6.45, 7) is 0.234. The first-order chi connectivity index (χ1) is 6.48. The third-order valence-corrected chi connectivity index (χ3v) is 2.65. The highest BCUT2D eigenvalue weighted by molar-refractivity contribution is 5.00. The average Bonchev–Trinajstić information content (AvgIpc) is 2.21. The van der Waals surface area contributed by atoms with Crippen molar-refractivity contribution >= 4 is 0 Å². The van der Waals surface area contributed by atoms with Crippen LogP contribution in [0.5, 0.6) is 0 Å². The molecular formula is C8H16O6. The molecule has 0 spiro atoms. The van der Waals surface area contributed by atoms with Crippen LogP contribution in [0.2, 0.25) is 0 Å². The van der Waals surface area contributed by atoms with Crippen molar-refractivity contribution in [1.82, 2.24) is 0 Å². The fraction of sp³-hybridized carbons (Fsp3) is 1.00. The summed E-state index contributed by atoms with van der Waals surface area (Å²) < 4.78 is 5.11. The summed E-state index contributed by atoms with van der Waals surface area (Å²) in [6, 6.07) is 0. The zero-order chi connectivity index (χ0) is 10.9. The molecule has 0 aliphatic carbocycles. The second-order valence-electron chi connectivity index (χ2n) is 3.63. The second kappa shape index (κ2) is 4.09. The summed E-state index contributed by atoms with van der Waals surface area (Å²) in [5.41, 5.74) is -1.60. The van der Waals surface area contributed by atoms with E-state index in [0.29, 0.717) is 0 Å². The lowest BCUT2D eigenvalue weighted by atomic mass is 9.86. The largest absolute Gasteiger partial charge is 0.393 e. The van der Waals surface area contributed by atoms with Crippen molar-refractivity contribution in [2.75, 3.05) is 13.2 Å². The van der Waals surface area contributed by atoms with E-state index in [-0.39, 0.29) is 0 Å². The molecule has 0 radical (unpaired) electrons. The van der Waals surface area contributed by atoms with Crippen molar-refractivity contribution in [2.45, 2.75) is 36.9 Å². The monoisotopic (exact) mass is 208 g/mol. The van der Waals surface area contributed by atoms with Gasteiger partial charge in [-0.3, -0.25) is 0 Å². The van der Waals surface area contributed by atoms with E-state index in [1.165, 1.54) is 6.92 Å². The van der Waals surface area contributed by atoms with E-state index in [4.69, 9.17) is 14.9 Å². The van der Waals surface area contributed by atoms with Crippen LogP contribution in [0.15, 0.2) is 0 Å². The highest BCUT2D eigenvalue weighted by Gasteiger charge is 2.51. The lowest BCUT2D eigenvalue weighted by Gasteiger charge is -2.46. The summed E-state index contributed by atoms with van der Waals surface area (Å²) in [4.78, 5) is 0. The molecule has 14 heavy (non-hydrogen) atoms.